The lowest BCUT2D eigenvalue weighted by Gasteiger charge is -2.44. The topological polar surface area (TPSA) is 46.5 Å². The fraction of sp³-hybridized carbons (Fsp3) is 0.526. The zero-order valence-corrected chi connectivity index (χ0v) is 13.1. The number of rotatable bonds is 2. The predicted octanol–water partition coefficient (Wildman–Crippen LogP) is 3.91. The minimum atomic E-state index is 0.0214. The van der Waals surface area contributed by atoms with Gasteiger partial charge in [-0.3, -0.25) is 4.79 Å². The molecule has 1 aromatic rings. The van der Waals surface area contributed by atoms with E-state index in [0.29, 0.717) is 23.2 Å². The quantitative estimate of drug-likeness (QED) is 0.900. The number of benzene rings is 1. The molecule has 0 heterocycles. The lowest BCUT2D eigenvalue weighted by atomic mass is 9.59. The molecule has 3 saturated carbocycles. The van der Waals surface area contributed by atoms with Crippen LogP contribution in [-0.4, -0.2) is 18.0 Å². The van der Waals surface area contributed by atoms with Crippen molar-refractivity contribution < 1.29 is 14.6 Å². The van der Waals surface area contributed by atoms with Crippen LogP contribution in [0.4, 0.5) is 0 Å². The summed E-state index contributed by atoms with van der Waals surface area (Å²) in [5.74, 6) is 2.28. The molecular weight excluding hydrogens is 276 g/mol. The number of aryl methyl sites for hydroxylation is 1. The Hall–Kier alpha value is -1.77. The van der Waals surface area contributed by atoms with E-state index in [-0.39, 0.29) is 17.6 Å². The van der Waals surface area contributed by atoms with E-state index in [1.54, 1.807) is 7.11 Å². The maximum Gasteiger partial charge on any atom is 0.170 e. The second-order valence-corrected chi connectivity index (χ2v) is 7.03. The van der Waals surface area contributed by atoms with Crippen molar-refractivity contribution in [1.29, 1.82) is 0 Å². The number of ether oxygens (including phenoxy) is 1. The van der Waals surface area contributed by atoms with Crippen molar-refractivity contribution in [3.8, 4) is 5.75 Å². The summed E-state index contributed by atoms with van der Waals surface area (Å²) in [6, 6.07) is 5.74. The third kappa shape index (κ3) is 1.77. The van der Waals surface area contributed by atoms with Crippen molar-refractivity contribution in [2.75, 3.05) is 7.11 Å². The van der Waals surface area contributed by atoms with Gasteiger partial charge in [0, 0.05) is 11.8 Å². The summed E-state index contributed by atoms with van der Waals surface area (Å²) in [5, 5.41) is 10.8. The van der Waals surface area contributed by atoms with Crippen molar-refractivity contribution in [2.45, 2.75) is 32.6 Å². The van der Waals surface area contributed by atoms with Gasteiger partial charge in [0.2, 0.25) is 0 Å². The van der Waals surface area contributed by atoms with Crippen LogP contribution >= 0.6 is 0 Å². The van der Waals surface area contributed by atoms with E-state index in [0.717, 1.165) is 42.6 Å². The van der Waals surface area contributed by atoms with Crippen LogP contribution in [0.5, 0.6) is 5.75 Å². The van der Waals surface area contributed by atoms with Crippen LogP contribution in [0.25, 0.3) is 5.57 Å². The van der Waals surface area contributed by atoms with Gasteiger partial charge in [0.05, 0.1) is 12.7 Å². The first-order valence-electron chi connectivity index (χ1n) is 8.24. The molecule has 3 nitrogen and oxygen atoms in total. The molecule has 1 N–H and O–H groups in total. The van der Waals surface area contributed by atoms with Gasteiger partial charge < -0.3 is 9.84 Å². The van der Waals surface area contributed by atoms with Crippen molar-refractivity contribution in [1.82, 2.24) is 0 Å². The molecule has 116 valence electrons. The van der Waals surface area contributed by atoms with Crippen LogP contribution in [0.3, 0.4) is 0 Å². The zero-order valence-electron chi connectivity index (χ0n) is 13.1. The molecule has 22 heavy (non-hydrogen) atoms. The predicted molar refractivity (Wildman–Crippen MR) is 84.7 cm³/mol. The summed E-state index contributed by atoms with van der Waals surface area (Å²) >= 11 is 0. The molecule has 0 aromatic heterocycles. The first-order valence-corrected chi connectivity index (χ1v) is 8.24. The SMILES string of the molecule is COc1ccc(C)c(C2=C(O)C3C4CCC(CC4)C3C2=O)c1. The Morgan fingerprint density at radius 3 is 2.32 bits per heavy atom. The van der Waals surface area contributed by atoms with Crippen LogP contribution < -0.4 is 4.74 Å². The molecular formula is C19H22O3. The number of carbonyl (C=O) groups excluding carboxylic acids is 1. The standard InChI is InChI=1S/C19H22O3/c1-10-3-8-13(22-2)9-14(10)17-18(20)15-11-4-5-12(7-6-11)16(15)19(17)21/h3,8-9,11-12,15-16,20H,4-7H2,1-2H3. The summed E-state index contributed by atoms with van der Waals surface area (Å²) in [5.41, 5.74) is 2.42. The smallest absolute Gasteiger partial charge is 0.170 e. The Morgan fingerprint density at radius 1 is 1.09 bits per heavy atom. The van der Waals surface area contributed by atoms with Crippen molar-refractivity contribution >= 4 is 11.4 Å². The Balaban J connectivity index is 1.83. The van der Waals surface area contributed by atoms with Crippen molar-refractivity contribution in [2.24, 2.45) is 23.7 Å². The molecule has 3 heteroatoms. The number of carbonyl (C=O) groups is 1. The Kier molecular flexibility index (Phi) is 3.07. The van der Waals surface area contributed by atoms with Crippen molar-refractivity contribution in [3.05, 3.63) is 35.1 Å². The van der Waals surface area contributed by atoms with E-state index in [9.17, 15) is 9.90 Å². The molecule has 0 spiro atoms. The molecule has 4 aliphatic carbocycles. The highest BCUT2D eigenvalue weighted by Gasteiger charge is 2.54. The largest absolute Gasteiger partial charge is 0.511 e. The van der Waals surface area contributed by atoms with E-state index in [2.05, 4.69) is 0 Å². The molecule has 0 saturated heterocycles. The van der Waals surface area contributed by atoms with Gasteiger partial charge >= 0.3 is 0 Å². The molecule has 0 amide bonds. The minimum Gasteiger partial charge on any atom is -0.511 e. The van der Waals surface area contributed by atoms with E-state index in [1.807, 2.05) is 25.1 Å². The van der Waals surface area contributed by atoms with E-state index in [1.165, 1.54) is 0 Å². The number of Topliss-reactive ketones (excluding diaryl/α,β-unsaturated/α-hetero) is 1. The van der Waals surface area contributed by atoms with E-state index < -0.39 is 0 Å². The average Bonchev–Trinajstić information content (AvgIpc) is 2.83. The number of hydrogen-bond acceptors (Lipinski definition) is 3. The fourth-order valence-electron chi connectivity index (χ4n) is 4.95. The van der Waals surface area contributed by atoms with Crippen molar-refractivity contribution in [3.63, 3.8) is 0 Å². The second kappa shape index (κ2) is 4.87. The lowest BCUT2D eigenvalue weighted by Crippen LogP contribution is -2.41. The summed E-state index contributed by atoms with van der Waals surface area (Å²) in [4.78, 5) is 13.0. The number of methoxy groups -OCH3 is 1. The molecule has 5 rings (SSSR count). The Morgan fingerprint density at radius 2 is 1.73 bits per heavy atom. The van der Waals surface area contributed by atoms with Gasteiger partial charge in [0.15, 0.2) is 5.78 Å². The van der Waals surface area contributed by atoms with Gasteiger partial charge in [-0.2, -0.15) is 0 Å². The Bertz CT molecular complexity index is 665. The monoisotopic (exact) mass is 298 g/mol. The second-order valence-electron chi connectivity index (χ2n) is 7.03. The van der Waals surface area contributed by atoms with Crippen LogP contribution in [0.15, 0.2) is 24.0 Å². The molecule has 2 bridgehead atoms. The molecule has 2 unspecified atom stereocenters. The molecule has 2 atom stereocenters. The van der Waals surface area contributed by atoms with E-state index >= 15 is 0 Å². The third-order valence-electron chi connectivity index (χ3n) is 6.05. The molecule has 1 aromatic carbocycles. The number of aliphatic hydroxyl groups is 1. The number of hydrogen-bond donors (Lipinski definition) is 1. The van der Waals surface area contributed by atoms with Crippen LogP contribution in [0.1, 0.15) is 36.8 Å². The van der Waals surface area contributed by atoms with Crippen LogP contribution in [-0.2, 0) is 4.79 Å². The number of ketones is 1. The lowest BCUT2D eigenvalue weighted by molar-refractivity contribution is -0.123. The first kappa shape index (κ1) is 13.9. The highest BCUT2D eigenvalue weighted by molar-refractivity contribution is 6.25. The fourth-order valence-corrected chi connectivity index (χ4v) is 4.95. The highest BCUT2D eigenvalue weighted by Crippen LogP contribution is 2.57. The average molecular weight is 298 g/mol. The first-order chi connectivity index (χ1) is 10.6. The maximum atomic E-state index is 13.0. The molecule has 4 aliphatic rings. The van der Waals surface area contributed by atoms with Gasteiger partial charge in [0.1, 0.15) is 11.5 Å². The third-order valence-corrected chi connectivity index (χ3v) is 6.05. The van der Waals surface area contributed by atoms with Gasteiger partial charge in [-0.25, -0.2) is 0 Å². The number of fused-ring (bicyclic) bond motifs is 2. The van der Waals surface area contributed by atoms with Gasteiger partial charge in [0.25, 0.3) is 0 Å². The number of allylic oxidation sites excluding steroid dienone is 2. The van der Waals surface area contributed by atoms with E-state index in [4.69, 9.17) is 4.74 Å². The van der Waals surface area contributed by atoms with Gasteiger partial charge in [-0.1, -0.05) is 6.07 Å². The summed E-state index contributed by atoms with van der Waals surface area (Å²) in [7, 11) is 1.62. The molecule has 3 fully saturated rings. The van der Waals surface area contributed by atoms with Gasteiger partial charge in [-0.15, -0.1) is 0 Å². The summed E-state index contributed by atoms with van der Waals surface area (Å²) in [6.45, 7) is 1.99. The highest BCUT2D eigenvalue weighted by atomic mass is 16.5. The zero-order chi connectivity index (χ0) is 15.4. The Labute approximate surface area is 131 Å². The van der Waals surface area contributed by atoms with Crippen LogP contribution in [0.2, 0.25) is 0 Å². The van der Waals surface area contributed by atoms with Gasteiger partial charge in [-0.05, 0) is 67.7 Å². The molecule has 0 radical (unpaired) electrons. The summed E-state index contributed by atoms with van der Waals surface area (Å²) < 4.78 is 5.30. The normalized spacial score (nSPS) is 33.3. The minimum absolute atomic E-state index is 0.0214. The number of aliphatic hydroxyl groups excluding tert-OH is 1. The summed E-state index contributed by atoms with van der Waals surface area (Å²) in [6.07, 6.45) is 4.62. The maximum absolute atomic E-state index is 13.0. The van der Waals surface area contributed by atoms with Crippen LogP contribution in [0, 0.1) is 30.6 Å². The molecule has 0 aliphatic heterocycles.